The Hall–Kier alpha value is -1.82. The average Bonchev–Trinajstić information content (AvgIpc) is 2.71. The zero-order valence-electron chi connectivity index (χ0n) is 10.9. The number of rotatable bonds is 2. The zero-order chi connectivity index (χ0) is 13.2. The quantitative estimate of drug-likeness (QED) is 0.799. The average molecular weight is 242 g/mol. The lowest BCUT2D eigenvalue weighted by molar-refractivity contribution is -0.129. The minimum absolute atomic E-state index is 0.185. The minimum atomic E-state index is 0.185. The van der Waals surface area contributed by atoms with E-state index in [0.29, 0.717) is 12.0 Å². The molecule has 0 saturated carbocycles. The maximum absolute atomic E-state index is 12.1. The van der Waals surface area contributed by atoms with E-state index in [0.717, 1.165) is 25.1 Å². The summed E-state index contributed by atoms with van der Waals surface area (Å²) in [5.74, 6) is 0.185. The van der Waals surface area contributed by atoms with Gasteiger partial charge >= 0.3 is 0 Å². The molecule has 94 valence electrons. The first-order valence-electron chi connectivity index (χ1n) is 6.27. The van der Waals surface area contributed by atoms with Crippen LogP contribution in [-0.4, -0.2) is 23.9 Å². The molecule has 0 atom stereocenters. The van der Waals surface area contributed by atoms with E-state index in [4.69, 9.17) is 5.26 Å². The highest BCUT2D eigenvalue weighted by atomic mass is 16.2. The smallest absolute Gasteiger partial charge is 0.227 e. The van der Waals surface area contributed by atoms with Crippen LogP contribution < -0.4 is 0 Å². The van der Waals surface area contributed by atoms with E-state index in [-0.39, 0.29) is 11.3 Å². The minimum Gasteiger partial charge on any atom is -0.342 e. The van der Waals surface area contributed by atoms with Gasteiger partial charge in [0.1, 0.15) is 0 Å². The molecule has 1 amide bonds. The summed E-state index contributed by atoms with van der Waals surface area (Å²) in [6.45, 7) is 6.11. The monoisotopic (exact) mass is 242 g/mol. The summed E-state index contributed by atoms with van der Waals surface area (Å²) < 4.78 is 0. The van der Waals surface area contributed by atoms with E-state index < -0.39 is 0 Å². The molecular formula is C15H18N2O. The summed E-state index contributed by atoms with van der Waals surface area (Å²) in [5.41, 5.74) is 1.86. The third-order valence-electron chi connectivity index (χ3n) is 3.47. The largest absolute Gasteiger partial charge is 0.342 e. The number of nitriles is 1. The maximum atomic E-state index is 12.1. The Balaban J connectivity index is 1.97. The van der Waals surface area contributed by atoms with Crippen LogP contribution in [0.15, 0.2) is 24.3 Å². The fourth-order valence-corrected chi connectivity index (χ4v) is 2.31. The lowest BCUT2D eigenvalue weighted by Crippen LogP contribution is -2.31. The first-order chi connectivity index (χ1) is 8.50. The molecule has 1 heterocycles. The summed E-state index contributed by atoms with van der Waals surface area (Å²) in [4.78, 5) is 14.1. The number of carbonyl (C=O) groups is 1. The molecule has 1 aromatic rings. The first kappa shape index (κ1) is 12.6. The standard InChI is InChI=1S/C15H18N2O/c1-15(2)7-8-17(11-15)14(18)9-12-3-5-13(10-16)6-4-12/h3-6H,7-9,11H2,1-2H3. The normalized spacial score (nSPS) is 17.5. The second kappa shape index (κ2) is 4.81. The Kier molecular flexibility index (Phi) is 3.38. The van der Waals surface area contributed by atoms with Crippen molar-refractivity contribution in [3.05, 3.63) is 35.4 Å². The predicted octanol–water partition coefficient (Wildman–Crippen LogP) is 2.36. The number of carbonyl (C=O) groups excluding carboxylic acids is 1. The van der Waals surface area contributed by atoms with Crippen LogP contribution in [0.5, 0.6) is 0 Å². The summed E-state index contributed by atoms with van der Waals surface area (Å²) >= 11 is 0. The number of hydrogen-bond donors (Lipinski definition) is 0. The van der Waals surface area contributed by atoms with Gasteiger partial charge in [0, 0.05) is 13.1 Å². The van der Waals surface area contributed by atoms with Crippen LogP contribution in [0.4, 0.5) is 0 Å². The van der Waals surface area contributed by atoms with E-state index in [2.05, 4.69) is 19.9 Å². The second-order valence-electron chi connectivity index (χ2n) is 5.72. The molecule has 1 aliphatic rings. The topological polar surface area (TPSA) is 44.1 Å². The molecule has 3 heteroatoms. The number of benzene rings is 1. The number of nitrogens with zero attached hydrogens (tertiary/aromatic N) is 2. The highest BCUT2D eigenvalue weighted by Gasteiger charge is 2.31. The molecule has 0 bridgehead atoms. The Morgan fingerprint density at radius 1 is 1.39 bits per heavy atom. The summed E-state index contributed by atoms with van der Waals surface area (Å²) in [7, 11) is 0. The van der Waals surface area contributed by atoms with Crippen LogP contribution in [0.1, 0.15) is 31.4 Å². The van der Waals surface area contributed by atoms with Crippen molar-refractivity contribution >= 4 is 5.91 Å². The molecule has 0 aliphatic carbocycles. The molecule has 0 radical (unpaired) electrons. The molecule has 0 unspecified atom stereocenters. The lowest BCUT2D eigenvalue weighted by Gasteiger charge is -2.19. The first-order valence-corrected chi connectivity index (χ1v) is 6.27. The van der Waals surface area contributed by atoms with Gasteiger partial charge in [-0.1, -0.05) is 26.0 Å². The molecule has 1 aliphatic heterocycles. The van der Waals surface area contributed by atoms with Gasteiger partial charge < -0.3 is 4.90 Å². The number of hydrogen-bond acceptors (Lipinski definition) is 2. The van der Waals surface area contributed by atoms with E-state index in [9.17, 15) is 4.79 Å². The molecule has 0 N–H and O–H groups in total. The van der Waals surface area contributed by atoms with Gasteiger partial charge in [0.05, 0.1) is 18.1 Å². The van der Waals surface area contributed by atoms with Crippen LogP contribution in [0.2, 0.25) is 0 Å². The van der Waals surface area contributed by atoms with Gasteiger partial charge in [0.25, 0.3) is 0 Å². The lowest BCUT2D eigenvalue weighted by atomic mass is 9.93. The third-order valence-corrected chi connectivity index (χ3v) is 3.47. The van der Waals surface area contributed by atoms with Gasteiger partial charge in [0.2, 0.25) is 5.91 Å². The molecule has 1 saturated heterocycles. The molecule has 0 aromatic heterocycles. The van der Waals surface area contributed by atoms with Gasteiger partial charge in [0.15, 0.2) is 0 Å². The second-order valence-corrected chi connectivity index (χ2v) is 5.72. The molecular weight excluding hydrogens is 224 g/mol. The highest BCUT2D eigenvalue weighted by Crippen LogP contribution is 2.29. The molecule has 0 spiro atoms. The van der Waals surface area contributed by atoms with Gasteiger partial charge in [-0.25, -0.2) is 0 Å². The van der Waals surface area contributed by atoms with Crippen molar-refractivity contribution in [2.45, 2.75) is 26.7 Å². The Labute approximate surface area is 108 Å². The van der Waals surface area contributed by atoms with Crippen LogP contribution in [0.3, 0.4) is 0 Å². The molecule has 1 aromatic carbocycles. The van der Waals surface area contributed by atoms with Crippen molar-refractivity contribution < 1.29 is 4.79 Å². The Morgan fingerprint density at radius 2 is 2.06 bits per heavy atom. The molecule has 1 fully saturated rings. The van der Waals surface area contributed by atoms with Crippen LogP contribution in [0.25, 0.3) is 0 Å². The fraction of sp³-hybridized carbons (Fsp3) is 0.467. The predicted molar refractivity (Wildman–Crippen MR) is 69.8 cm³/mol. The van der Waals surface area contributed by atoms with Crippen LogP contribution >= 0.6 is 0 Å². The maximum Gasteiger partial charge on any atom is 0.227 e. The van der Waals surface area contributed by atoms with Gasteiger partial charge in [-0.15, -0.1) is 0 Å². The van der Waals surface area contributed by atoms with Crippen molar-refractivity contribution in [3.8, 4) is 6.07 Å². The molecule has 2 rings (SSSR count). The highest BCUT2D eigenvalue weighted by molar-refractivity contribution is 5.79. The van der Waals surface area contributed by atoms with Crippen molar-refractivity contribution in [1.29, 1.82) is 5.26 Å². The van der Waals surface area contributed by atoms with Gasteiger partial charge in [-0.05, 0) is 29.5 Å². The van der Waals surface area contributed by atoms with Gasteiger partial charge in [-0.2, -0.15) is 5.26 Å². The van der Waals surface area contributed by atoms with E-state index >= 15 is 0 Å². The van der Waals surface area contributed by atoms with Crippen molar-refractivity contribution in [1.82, 2.24) is 4.90 Å². The third kappa shape index (κ3) is 2.89. The van der Waals surface area contributed by atoms with Crippen molar-refractivity contribution in [3.63, 3.8) is 0 Å². The van der Waals surface area contributed by atoms with E-state index in [1.165, 1.54) is 0 Å². The van der Waals surface area contributed by atoms with Crippen molar-refractivity contribution in [2.24, 2.45) is 5.41 Å². The van der Waals surface area contributed by atoms with Crippen molar-refractivity contribution in [2.75, 3.05) is 13.1 Å². The SMILES string of the molecule is CC1(C)CCN(C(=O)Cc2ccc(C#N)cc2)C1. The Bertz CT molecular complexity index is 482. The Morgan fingerprint density at radius 3 is 2.56 bits per heavy atom. The van der Waals surface area contributed by atoms with E-state index in [1.807, 2.05) is 17.0 Å². The van der Waals surface area contributed by atoms with Crippen LogP contribution in [-0.2, 0) is 11.2 Å². The number of amides is 1. The van der Waals surface area contributed by atoms with Gasteiger partial charge in [-0.3, -0.25) is 4.79 Å². The summed E-state index contributed by atoms with van der Waals surface area (Å²) in [5, 5.41) is 8.72. The molecule has 18 heavy (non-hydrogen) atoms. The number of likely N-dealkylation sites (tertiary alicyclic amines) is 1. The van der Waals surface area contributed by atoms with Crippen LogP contribution in [0, 0.1) is 16.7 Å². The zero-order valence-corrected chi connectivity index (χ0v) is 10.9. The fourth-order valence-electron chi connectivity index (χ4n) is 2.31. The van der Waals surface area contributed by atoms with E-state index in [1.54, 1.807) is 12.1 Å². The molecule has 3 nitrogen and oxygen atoms in total. The summed E-state index contributed by atoms with van der Waals surface area (Å²) in [6.07, 6.45) is 1.51. The summed E-state index contributed by atoms with van der Waals surface area (Å²) in [6, 6.07) is 9.32.